The van der Waals surface area contributed by atoms with Gasteiger partial charge in [0.05, 0.1) is 0 Å². The van der Waals surface area contributed by atoms with Gasteiger partial charge < -0.3 is 4.18 Å². The maximum Gasteiger partial charge on any atom is 0.534 e. The molecule has 0 spiro atoms. The highest BCUT2D eigenvalue weighted by atomic mass is 32.2. The summed E-state index contributed by atoms with van der Waals surface area (Å²) in [5.74, 6) is 0.904. The van der Waals surface area contributed by atoms with Crippen LogP contribution < -0.4 is 0 Å². The molecule has 2 aliphatic carbocycles. The Morgan fingerprint density at radius 3 is 2.41 bits per heavy atom. The molecule has 0 amide bonds. The summed E-state index contributed by atoms with van der Waals surface area (Å²) in [7, 11) is -5.57. The van der Waals surface area contributed by atoms with Crippen molar-refractivity contribution in [1.82, 2.24) is 4.90 Å². The quantitative estimate of drug-likeness (QED) is 0.458. The summed E-state index contributed by atoms with van der Waals surface area (Å²) in [6, 6.07) is 9.10. The molecule has 3 aliphatic rings. The molecule has 1 saturated heterocycles. The topological polar surface area (TPSA) is 46.6 Å². The third-order valence-electron chi connectivity index (χ3n) is 6.21. The van der Waals surface area contributed by atoms with Crippen molar-refractivity contribution >= 4 is 10.1 Å². The summed E-state index contributed by atoms with van der Waals surface area (Å²) in [5.41, 5.74) is -2.48. The van der Waals surface area contributed by atoms with E-state index in [1.165, 1.54) is 30.0 Å². The van der Waals surface area contributed by atoms with Gasteiger partial charge in [0.15, 0.2) is 0 Å². The molecule has 0 N–H and O–H groups in total. The Morgan fingerprint density at radius 2 is 1.79 bits per heavy atom. The zero-order chi connectivity index (χ0) is 20.6. The number of allylic oxidation sites excluding steroid dienone is 2. The van der Waals surface area contributed by atoms with Crippen molar-refractivity contribution in [2.24, 2.45) is 5.92 Å². The Hall–Kier alpha value is -1.54. The van der Waals surface area contributed by atoms with E-state index >= 15 is 0 Å². The molecule has 160 valence electrons. The first-order valence-corrected chi connectivity index (χ1v) is 11.7. The van der Waals surface area contributed by atoms with E-state index in [4.69, 9.17) is 0 Å². The van der Waals surface area contributed by atoms with E-state index in [1.807, 2.05) is 0 Å². The minimum absolute atomic E-state index is 0.0874. The molecule has 0 bridgehead atoms. The Kier molecular flexibility index (Phi) is 5.68. The molecule has 2 atom stereocenters. The summed E-state index contributed by atoms with van der Waals surface area (Å²) in [6.07, 6.45) is 7.71. The van der Waals surface area contributed by atoms with Crippen LogP contribution >= 0.6 is 0 Å². The van der Waals surface area contributed by atoms with E-state index in [0.29, 0.717) is 30.7 Å². The second kappa shape index (κ2) is 7.95. The molecular weight excluding hydrogens is 403 g/mol. The Balaban J connectivity index is 1.39. The number of likely N-dealkylation sites (tertiary alicyclic amines) is 1. The first-order chi connectivity index (χ1) is 13.7. The van der Waals surface area contributed by atoms with Crippen LogP contribution in [0.2, 0.25) is 0 Å². The molecule has 0 radical (unpaired) electrons. The van der Waals surface area contributed by atoms with Crippen LogP contribution in [0.5, 0.6) is 0 Å². The fourth-order valence-corrected chi connectivity index (χ4v) is 5.13. The summed E-state index contributed by atoms with van der Waals surface area (Å²) in [5, 5.41) is 0. The first kappa shape index (κ1) is 20.7. The Bertz CT molecular complexity index is 877. The number of hydrogen-bond donors (Lipinski definition) is 0. The molecular formula is C21H26F3NO3S. The van der Waals surface area contributed by atoms with Gasteiger partial charge in [-0.3, -0.25) is 4.90 Å². The van der Waals surface area contributed by atoms with E-state index < -0.39 is 15.6 Å². The maximum absolute atomic E-state index is 12.5. The van der Waals surface area contributed by atoms with E-state index in [2.05, 4.69) is 33.3 Å². The van der Waals surface area contributed by atoms with Gasteiger partial charge in [0.25, 0.3) is 0 Å². The molecule has 1 saturated carbocycles. The van der Waals surface area contributed by atoms with Gasteiger partial charge in [-0.05, 0) is 74.1 Å². The molecule has 4 rings (SSSR count). The molecule has 2 fully saturated rings. The van der Waals surface area contributed by atoms with Crippen LogP contribution in [0.3, 0.4) is 0 Å². The number of rotatable bonds is 6. The third kappa shape index (κ3) is 4.63. The monoisotopic (exact) mass is 429 g/mol. The number of benzene rings is 1. The predicted molar refractivity (Wildman–Crippen MR) is 103 cm³/mol. The average molecular weight is 430 g/mol. The van der Waals surface area contributed by atoms with Crippen LogP contribution in [-0.2, 0) is 14.3 Å². The zero-order valence-corrected chi connectivity index (χ0v) is 17.0. The lowest BCUT2D eigenvalue weighted by molar-refractivity contribution is -0.0524. The average Bonchev–Trinajstić information content (AvgIpc) is 3.41. The van der Waals surface area contributed by atoms with E-state index in [0.717, 1.165) is 25.9 Å². The van der Waals surface area contributed by atoms with Crippen LogP contribution in [0.25, 0.3) is 0 Å². The van der Waals surface area contributed by atoms with Crippen molar-refractivity contribution in [3.8, 4) is 0 Å². The highest BCUT2D eigenvalue weighted by Crippen LogP contribution is 2.46. The molecule has 1 aromatic carbocycles. The van der Waals surface area contributed by atoms with Crippen LogP contribution in [0, 0.1) is 5.92 Å². The molecule has 8 heteroatoms. The molecule has 0 aromatic heterocycles. The number of nitrogens with zero attached hydrogens (tertiary/aromatic N) is 1. The highest BCUT2D eigenvalue weighted by Gasteiger charge is 2.49. The van der Waals surface area contributed by atoms with E-state index in [-0.39, 0.29) is 12.2 Å². The van der Waals surface area contributed by atoms with Crippen LogP contribution in [0.4, 0.5) is 13.2 Å². The fraction of sp³-hybridized carbons (Fsp3) is 0.619. The Labute approximate surface area is 169 Å². The van der Waals surface area contributed by atoms with Crippen molar-refractivity contribution in [2.75, 3.05) is 13.1 Å². The van der Waals surface area contributed by atoms with Gasteiger partial charge in [-0.15, -0.1) is 0 Å². The molecule has 29 heavy (non-hydrogen) atoms. The van der Waals surface area contributed by atoms with E-state index in [1.54, 1.807) is 0 Å². The van der Waals surface area contributed by atoms with Gasteiger partial charge in [0.2, 0.25) is 0 Å². The molecule has 4 nitrogen and oxygen atoms in total. The van der Waals surface area contributed by atoms with Gasteiger partial charge in [-0.2, -0.15) is 21.6 Å². The fourth-order valence-electron chi connectivity index (χ4n) is 4.60. The van der Waals surface area contributed by atoms with Gasteiger partial charge in [0.1, 0.15) is 5.76 Å². The molecule has 1 aromatic rings. The van der Waals surface area contributed by atoms with Crippen LogP contribution in [0.15, 0.2) is 36.1 Å². The van der Waals surface area contributed by atoms with Gasteiger partial charge in [0, 0.05) is 19.0 Å². The second-order valence-electron chi connectivity index (χ2n) is 8.35. The number of halogens is 3. The largest absolute Gasteiger partial charge is 0.534 e. The maximum atomic E-state index is 12.5. The van der Waals surface area contributed by atoms with Crippen LogP contribution in [-0.4, -0.2) is 31.9 Å². The predicted octanol–water partition coefficient (Wildman–Crippen LogP) is 5.25. The second-order valence-corrected chi connectivity index (χ2v) is 9.89. The summed E-state index contributed by atoms with van der Waals surface area (Å²) in [4.78, 5) is 2.50. The molecule has 1 aliphatic heterocycles. The van der Waals surface area contributed by atoms with Crippen LogP contribution in [0.1, 0.15) is 68.0 Å². The normalized spacial score (nSPS) is 26.4. The minimum atomic E-state index is -5.57. The van der Waals surface area contributed by atoms with Gasteiger partial charge in [-0.25, -0.2) is 0 Å². The molecule has 1 heterocycles. The lowest BCUT2D eigenvalue weighted by Crippen LogP contribution is -2.31. The first-order valence-electron chi connectivity index (χ1n) is 10.3. The minimum Gasteiger partial charge on any atom is -0.381 e. The van der Waals surface area contributed by atoms with E-state index in [9.17, 15) is 21.6 Å². The summed E-state index contributed by atoms with van der Waals surface area (Å²) in [6.45, 7) is 1.90. The van der Waals surface area contributed by atoms with Gasteiger partial charge in [-0.1, -0.05) is 24.3 Å². The SMILES string of the molecule is O=S(=O)(OC1=CCC(CN2CCC[C@H]2c2ccccc2C2CC2)CC1)C(F)(F)F. The number of alkyl halides is 3. The zero-order valence-electron chi connectivity index (χ0n) is 16.2. The number of hydrogen-bond acceptors (Lipinski definition) is 4. The van der Waals surface area contributed by atoms with Crippen molar-refractivity contribution < 1.29 is 25.8 Å². The third-order valence-corrected chi connectivity index (χ3v) is 7.21. The summed E-state index contributed by atoms with van der Waals surface area (Å²) < 4.78 is 64.1. The lowest BCUT2D eigenvalue weighted by atomic mass is 9.91. The van der Waals surface area contributed by atoms with Crippen molar-refractivity contribution in [3.63, 3.8) is 0 Å². The van der Waals surface area contributed by atoms with Crippen molar-refractivity contribution in [3.05, 3.63) is 47.2 Å². The van der Waals surface area contributed by atoms with Crippen molar-refractivity contribution in [2.45, 2.75) is 62.4 Å². The summed E-state index contributed by atoms with van der Waals surface area (Å²) >= 11 is 0. The Morgan fingerprint density at radius 1 is 1.07 bits per heavy atom. The van der Waals surface area contributed by atoms with Gasteiger partial charge >= 0.3 is 15.6 Å². The smallest absolute Gasteiger partial charge is 0.381 e. The standard InChI is InChI=1S/C21H26F3NO3S/c22-21(23,24)29(26,27)28-17-11-7-15(8-12-17)14-25-13-3-6-20(25)19-5-2-1-4-18(19)16-9-10-16/h1-2,4-5,11,15-16,20H,3,6-10,12-14H2/t15?,20-/m0/s1. The van der Waals surface area contributed by atoms with Crippen molar-refractivity contribution in [1.29, 1.82) is 0 Å². The lowest BCUT2D eigenvalue weighted by Gasteiger charge is -2.31. The highest BCUT2D eigenvalue weighted by molar-refractivity contribution is 7.87. The molecule has 1 unspecified atom stereocenters.